The molecule has 0 fully saturated rings. The minimum Gasteiger partial charge on any atom is -0.352 e. The highest BCUT2D eigenvalue weighted by molar-refractivity contribution is 9.10. The van der Waals surface area contributed by atoms with Crippen molar-refractivity contribution < 1.29 is 4.79 Å². The summed E-state index contributed by atoms with van der Waals surface area (Å²) in [4.78, 5) is 20.5. The predicted molar refractivity (Wildman–Crippen MR) is 90.4 cm³/mol. The maximum atomic E-state index is 12.1. The van der Waals surface area contributed by atoms with E-state index in [4.69, 9.17) is 0 Å². The molecule has 2 rings (SSSR count). The molecule has 5 heteroatoms. The summed E-state index contributed by atoms with van der Waals surface area (Å²) in [5.74, 6) is -0.0122. The van der Waals surface area contributed by atoms with Crippen molar-refractivity contribution in [2.45, 2.75) is 39.2 Å². The second kappa shape index (κ2) is 7.01. The molecule has 22 heavy (non-hydrogen) atoms. The third-order valence-electron chi connectivity index (χ3n) is 3.23. The third kappa shape index (κ3) is 4.63. The van der Waals surface area contributed by atoms with Crippen molar-refractivity contribution in [3.8, 4) is 0 Å². The highest BCUT2D eigenvalue weighted by atomic mass is 79.9. The SMILES string of the molecule is CC(C)(C)c1ncncc1CNC(=O)Cc1cccc(Br)c1. The summed E-state index contributed by atoms with van der Waals surface area (Å²) >= 11 is 3.41. The van der Waals surface area contributed by atoms with E-state index >= 15 is 0 Å². The van der Waals surface area contributed by atoms with E-state index in [-0.39, 0.29) is 11.3 Å². The molecule has 1 N–H and O–H groups in total. The second-order valence-electron chi connectivity index (χ2n) is 6.23. The highest BCUT2D eigenvalue weighted by Crippen LogP contribution is 2.22. The van der Waals surface area contributed by atoms with Gasteiger partial charge in [0.1, 0.15) is 6.33 Å². The van der Waals surface area contributed by atoms with Gasteiger partial charge in [0.05, 0.1) is 12.1 Å². The van der Waals surface area contributed by atoms with Crippen LogP contribution in [0.4, 0.5) is 0 Å². The smallest absolute Gasteiger partial charge is 0.224 e. The second-order valence-corrected chi connectivity index (χ2v) is 7.15. The van der Waals surface area contributed by atoms with Crippen LogP contribution in [0.15, 0.2) is 41.3 Å². The van der Waals surface area contributed by atoms with Gasteiger partial charge in [-0.15, -0.1) is 0 Å². The van der Waals surface area contributed by atoms with Gasteiger partial charge in [-0.1, -0.05) is 48.8 Å². The molecule has 0 aliphatic heterocycles. The van der Waals surface area contributed by atoms with Crippen LogP contribution in [0.5, 0.6) is 0 Å². The molecule has 2 aromatic rings. The van der Waals surface area contributed by atoms with E-state index in [9.17, 15) is 4.79 Å². The number of rotatable bonds is 4. The Labute approximate surface area is 139 Å². The van der Waals surface area contributed by atoms with Gasteiger partial charge in [0, 0.05) is 28.2 Å². The summed E-state index contributed by atoms with van der Waals surface area (Å²) in [6.45, 7) is 6.74. The fraction of sp³-hybridized carbons (Fsp3) is 0.353. The van der Waals surface area contributed by atoms with Gasteiger partial charge < -0.3 is 5.32 Å². The first kappa shape index (κ1) is 16.6. The average Bonchev–Trinajstić information content (AvgIpc) is 2.44. The molecule has 0 aliphatic rings. The molecule has 0 bridgehead atoms. The minimum absolute atomic E-state index is 0.0122. The van der Waals surface area contributed by atoms with Gasteiger partial charge in [0.25, 0.3) is 0 Å². The molecule has 0 spiro atoms. The van der Waals surface area contributed by atoms with Crippen molar-refractivity contribution in [2.75, 3.05) is 0 Å². The Hall–Kier alpha value is -1.75. The van der Waals surface area contributed by atoms with E-state index in [1.54, 1.807) is 12.5 Å². The Morgan fingerprint density at radius 1 is 1.32 bits per heavy atom. The van der Waals surface area contributed by atoms with E-state index < -0.39 is 0 Å². The van der Waals surface area contributed by atoms with Crippen molar-refractivity contribution in [1.29, 1.82) is 0 Å². The van der Waals surface area contributed by atoms with Crippen molar-refractivity contribution in [2.24, 2.45) is 0 Å². The maximum Gasteiger partial charge on any atom is 0.224 e. The van der Waals surface area contributed by atoms with Crippen LogP contribution in [0.3, 0.4) is 0 Å². The quantitative estimate of drug-likeness (QED) is 0.907. The molecular formula is C17H20BrN3O. The van der Waals surface area contributed by atoms with Gasteiger partial charge in [-0.25, -0.2) is 9.97 Å². The lowest BCUT2D eigenvalue weighted by atomic mass is 9.89. The van der Waals surface area contributed by atoms with Crippen molar-refractivity contribution >= 4 is 21.8 Å². The number of carbonyl (C=O) groups is 1. The summed E-state index contributed by atoms with van der Waals surface area (Å²) in [5, 5.41) is 2.95. The van der Waals surface area contributed by atoms with Crippen LogP contribution in [0.1, 0.15) is 37.6 Å². The van der Waals surface area contributed by atoms with Crippen molar-refractivity contribution in [1.82, 2.24) is 15.3 Å². The van der Waals surface area contributed by atoms with Crippen LogP contribution in [0.2, 0.25) is 0 Å². The van der Waals surface area contributed by atoms with Gasteiger partial charge in [-0.05, 0) is 17.7 Å². The minimum atomic E-state index is -0.0761. The fourth-order valence-electron chi connectivity index (χ4n) is 2.25. The van der Waals surface area contributed by atoms with E-state index in [2.05, 4.69) is 52.0 Å². The summed E-state index contributed by atoms with van der Waals surface area (Å²) in [6.07, 6.45) is 3.68. The van der Waals surface area contributed by atoms with Gasteiger partial charge in [-0.3, -0.25) is 4.79 Å². The number of aromatic nitrogens is 2. The number of halogens is 1. The normalized spacial score (nSPS) is 11.3. The summed E-state index contributed by atoms with van der Waals surface area (Å²) in [5.41, 5.74) is 2.82. The molecule has 0 saturated carbocycles. The van der Waals surface area contributed by atoms with Gasteiger partial charge in [-0.2, -0.15) is 0 Å². The highest BCUT2D eigenvalue weighted by Gasteiger charge is 2.19. The van der Waals surface area contributed by atoms with Gasteiger partial charge >= 0.3 is 0 Å². The first-order valence-electron chi connectivity index (χ1n) is 7.17. The van der Waals surface area contributed by atoms with Gasteiger partial charge in [0.15, 0.2) is 0 Å². The van der Waals surface area contributed by atoms with Crippen molar-refractivity contribution in [3.63, 3.8) is 0 Å². The molecule has 1 heterocycles. The Balaban J connectivity index is 2.00. The summed E-state index contributed by atoms with van der Waals surface area (Å²) < 4.78 is 0.976. The molecule has 1 aromatic carbocycles. The molecule has 0 aliphatic carbocycles. The first-order valence-corrected chi connectivity index (χ1v) is 7.96. The number of amides is 1. The molecule has 1 aromatic heterocycles. The lowest BCUT2D eigenvalue weighted by Crippen LogP contribution is -2.27. The topological polar surface area (TPSA) is 54.9 Å². The average molecular weight is 362 g/mol. The van der Waals surface area contributed by atoms with E-state index in [1.807, 2.05) is 24.3 Å². The molecular weight excluding hydrogens is 342 g/mol. The number of carbonyl (C=O) groups excluding carboxylic acids is 1. The maximum absolute atomic E-state index is 12.1. The number of nitrogens with zero attached hydrogens (tertiary/aromatic N) is 2. The van der Waals surface area contributed by atoms with E-state index in [0.29, 0.717) is 13.0 Å². The molecule has 1 amide bonds. The van der Waals surface area contributed by atoms with E-state index in [1.165, 1.54) is 0 Å². The fourth-order valence-corrected chi connectivity index (χ4v) is 2.70. The standard InChI is InChI=1S/C17H20BrN3O/c1-17(2,3)16-13(9-19-11-21-16)10-20-15(22)8-12-5-4-6-14(18)7-12/h4-7,9,11H,8,10H2,1-3H3,(H,20,22). The Bertz CT molecular complexity index is 665. The molecule has 0 atom stereocenters. The Morgan fingerprint density at radius 3 is 2.77 bits per heavy atom. The van der Waals surface area contributed by atoms with Crippen LogP contribution in [0.25, 0.3) is 0 Å². The zero-order valence-electron chi connectivity index (χ0n) is 13.1. The lowest BCUT2D eigenvalue weighted by Gasteiger charge is -2.21. The summed E-state index contributed by atoms with van der Waals surface area (Å²) in [7, 11) is 0. The van der Waals surface area contributed by atoms with Crippen molar-refractivity contribution in [3.05, 3.63) is 58.1 Å². The largest absolute Gasteiger partial charge is 0.352 e. The zero-order chi connectivity index (χ0) is 16.2. The Kier molecular flexibility index (Phi) is 5.29. The first-order chi connectivity index (χ1) is 10.4. The number of nitrogens with one attached hydrogen (secondary N) is 1. The van der Waals surface area contributed by atoms with Gasteiger partial charge in [0.2, 0.25) is 5.91 Å². The predicted octanol–water partition coefficient (Wildman–Crippen LogP) is 3.40. The van der Waals surface area contributed by atoms with E-state index in [0.717, 1.165) is 21.3 Å². The molecule has 0 unspecified atom stereocenters. The molecule has 0 radical (unpaired) electrons. The monoisotopic (exact) mass is 361 g/mol. The van der Waals surface area contributed by atoms with Crippen LogP contribution >= 0.6 is 15.9 Å². The number of hydrogen-bond acceptors (Lipinski definition) is 3. The van der Waals surface area contributed by atoms with Crippen LogP contribution in [0, 0.1) is 0 Å². The van der Waals surface area contributed by atoms with Crippen LogP contribution in [-0.2, 0) is 23.2 Å². The summed E-state index contributed by atoms with van der Waals surface area (Å²) in [6, 6.07) is 7.76. The third-order valence-corrected chi connectivity index (χ3v) is 3.72. The molecule has 4 nitrogen and oxygen atoms in total. The van der Waals surface area contributed by atoms with Crippen LogP contribution in [-0.4, -0.2) is 15.9 Å². The zero-order valence-corrected chi connectivity index (χ0v) is 14.6. The molecule has 116 valence electrons. The lowest BCUT2D eigenvalue weighted by molar-refractivity contribution is -0.120. The number of hydrogen-bond donors (Lipinski definition) is 1. The molecule has 0 saturated heterocycles. The van der Waals surface area contributed by atoms with Crippen LogP contribution < -0.4 is 5.32 Å². The number of benzene rings is 1. The Morgan fingerprint density at radius 2 is 2.09 bits per heavy atom.